The number of nitrogens with one attached hydrogen (secondary N) is 2. The average molecular weight is 992 g/mol. The molecular formula is C57H75F2N7O6. The Balaban J connectivity index is 1.11. The number of hydrazine groups is 1. The van der Waals surface area contributed by atoms with Crippen LogP contribution in [0.3, 0.4) is 0 Å². The van der Waals surface area contributed by atoms with Crippen LogP contribution >= 0.6 is 0 Å². The van der Waals surface area contributed by atoms with Gasteiger partial charge in [0, 0.05) is 78.2 Å². The van der Waals surface area contributed by atoms with Gasteiger partial charge in [0.05, 0.1) is 24.0 Å². The summed E-state index contributed by atoms with van der Waals surface area (Å²) in [6, 6.07) is 12.5. The van der Waals surface area contributed by atoms with Crippen molar-refractivity contribution in [1.29, 1.82) is 0 Å². The molecule has 3 saturated heterocycles. The number of rotatable bonds is 8. The lowest BCUT2D eigenvalue weighted by Gasteiger charge is -2.37. The van der Waals surface area contributed by atoms with Gasteiger partial charge in [-0.15, -0.1) is 0 Å². The molecule has 6 bridgehead atoms. The van der Waals surface area contributed by atoms with Crippen molar-refractivity contribution in [3.8, 4) is 22.4 Å². The number of cyclic esters (lactones) is 1. The Morgan fingerprint density at radius 2 is 1.72 bits per heavy atom. The first-order valence-corrected chi connectivity index (χ1v) is 26.5. The van der Waals surface area contributed by atoms with Crippen LogP contribution in [-0.2, 0) is 43.2 Å². The molecule has 2 aromatic carbocycles. The van der Waals surface area contributed by atoms with E-state index >= 15 is 18.4 Å². The third kappa shape index (κ3) is 10.8. The van der Waals surface area contributed by atoms with E-state index in [4.69, 9.17) is 14.5 Å². The van der Waals surface area contributed by atoms with Crippen LogP contribution in [0.25, 0.3) is 33.3 Å². The first-order valence-electron chi connectivity index (χ1n) is 26.5. The van der Waals surface area contributed by atoms with E-state index in [2.05, 4.69) is 73.0 Å². The summed E-state index contributed by atoms with van der Waals surface area (Å²) in [5.74, 6) is -0.998. The zero-order valence-electron chi connectivity index (χ0n) is 43.6. The molecule has 4 aromatic rings. The smallest absolute Gasteiger partial charge is 0.410 e. The fraction of sp³-hybridized carbons (Fsp3) is 0.596. The molecule has 1 spiro atoms. The van der Waals surface area contributed by atoms with Crippen LogP contribution in [0.15, 0.2) is 54.7 Å². The van der Waals surface area contributed by atoms with Gasteiger partial charge in [-0.1, -0.05) is 58.7 Å². The lowest BCUT2D eigenvalue weighted by Crippen LogP contribution is -2.62. The van der Waals surface area contributed by atoms with E-state index in [1.807, 2.05) is 45.2 Å². The van der Waals surface area contributed by atoms with E-state index in [0.29, 0.717) is 63.1 Å². The molecule has 5 aliphatic rings. The number of carbonyl (C=O) groups is 4. The second-order valence-electron chi connectivity index (χ2n) is 23.5. The normalized spacial score (nSPS) is 23.8. The maximum Gasteiger partial charge on any atom is 0.410 e. The number of halogens is 2. The molecule has 3 amide bonds. The number of ether oxygens (including phenoxy) is 2. The molecule has 0 radical (unpaired) electrons. The number of hydrogen-bond acceptors (Lipinski definition) is 9. The van der Waals surface area contributed by atoms with Crippen LogP contribution < -0.4 is 10.7 Å². The zero-order chi connectivity index (χ0) is 51.3. The number of aromatic nitrogens is 2. The van der Waals surface area contributed by atoms with E-state index in [1.54, 1.807) is 4.90 Å². The SMILES string of the molecule is CCn1c(-c2cccnc2C(C)C)c2c3cc(ccc31)-c1cc(cc(C(F)F)c1)C[C@H](NC(=O)[C@H](C1CCCC1)N1CC[C@]3(CCN(C(=O)OC(C)(C)C)C3)C1)C(=O)N1CCC[C@H](N1)C(=O)OCC(C)(C)C2. The molecule has 1 aliphatic carbocycles. The van der Waals surface area contributed by atoms with Crippen molar-refractivity contribution in [3.63, 3.8) is 0 Å². The minimum Gasteiger partial charge on any atom is -0.464 e. The summed E-state index contributed by atoms with van der Waals surface area (Å²) in [4.78, 5) is 66.4. The number of hydrogen-bond donors (Lipinski definition) is 2. The molecule has 4 atom stereocenters. The predicted octanol–water partition coefficient (Wildman–Crippen LogP) is 9.99. The van der Waals surface area contributed by atoms with Crippen molar-refractivity contribution in [3.05, 3.63) is 77.1 Å². The van der Waals surface area contributed by atoms with E-state index < -0.39 is 47.4 Å². The van der Waals surface area contributed by atoms with Gasteiger partial charge in [0.2, 0.25) is 5.91 Å². The van der Waals surface area contributed by atoms with Crippen LogP contribution in [-0.4, -0.2) is 111 Å². The number of benzene rings is 2. The number of pyridine rings is 1. The number of nitrogens with zero attached hydrogens (tertiary/aromatic N) is 5. The number of amides is 3. The van der Waals surface area contributed by atoms with E-state index in [-0.39, 0.29) is 54.4 Å². The standard InChI is InChI=1S/C57H75F2N7O6/c1-9-65-46-19-18-38-30-42(46)43(49(65)41-16-12-22-60-47(41)35(2)3)31-56(7,8)34-71-53(69)44-17-13-23-66(62-44)52(68)45(28-36-26-39(38)29-40(27-36)50(58)59)61-51(67)48(37-14-10-11-15-37)63-24-20-57(32-63)21-25-64(33-57)54(70)72-55(4,5)6/h12,16,18-19,22,26-27,29-30,35,37,44-45,48,50,62H,9-11,13-15,17,20-21,23-25,28,31-34H2,1-8H3,(H,61,67)/t44-,45-,48-,57-/m0/s1. The van der Waals surface area contributed by atoms with Crippen molar-refractivity contribution < 1.29 is 37.4 Å². The molecule has 6 heterocycles. The maximum atomic E-state index is 15.2. The van der Waals surface area contributed by atoms with Gasteiger partial charge < -0.3 is 24.3 Å². The molecular weight excluding hydrogens is 917 g/mol. The Morgan fingerprint density at radius 3 is 2.44 bits per heavy atom. The Labute approximate surface area is 423 Å². The molecule has 9 rings (SSSR count). The fourth-order valence-electron chi connectivity index (χ4n) is 12.4. The number of likely N-dealkylation sites (tertiary alicyclic amines) is 2. The number of esters is 1. The summed E-state index contributed by atoms with van der Waals surface area (Å²) < 4.78 is 44.5. The third-order valence-corrected chi connectivity index (χ3v) is 15.8. The van der Waals surface area contributed by atoms with Crippen LogP contribution in [0.5, 0.6) is 0 Å². The average Bonchev–Trinajstić information content (AvgIpc) is 4.17. The van der Waals surface area contributed by atoms with Crippen molar-refractivity contribution in [2.45, 2.75) is 162 Å². The maximum absolute atomic E-state index is 15.2. The zero-order valence-corrected chi connectivity index (χ0v) is 43.6. The van der Waals surface area contributed by atoms with Crippen molar-refractivity contribution in [1.82, 2.24) is 35.1 Å². The number of carbonyl (C=O) groups excluding carboxylic acids is 4. The van der Waals surface area contributed by atoms with Crippen LogP contribution in [0.4, 0.5) is 13.6 Å². The molecule has 4 fully saturated rings. The molecule has 13 nitrogen and oxygen atoms in total. The lowest BCUT2D eigenvalue weighted by atomic mass is 9.83. The van der Waals surface area contributed by atoms with E-state index in [9.17, 15) is 9.59 Å². The Hall–Kier alpha value is -5.41. The summed E-state index contributed by atoms with van der Waals surface area (Å²) in [7, 11) is 0. The summed E-state index contributed by atoms with van der Waals surface area (Å²) in [6.07, 6.45) is 5.48. The number of aryl methyl sites for hydroxylation is 1. The minimum atomic E-state index is -2.80. The predicted molar refractivity (Wildman–Crippen MR) is 274 cm³/mol. The lowest BCUT2D eigenvalue weighted by molar-refractivity contribution is -0.155. The Morgan fingerprint density at radius 1 is 0.958 bits per heavy atom. The van der Waals surface area contributed by atoms with Gasteiger partial charge in [0.1, 0.15) is 17.7 Å². The first-order chi connectivity index (χ1) is 34.2. The fourth-order valence-corrected chi connectivity index (χ4v) is 12.4. The second-order valence-corrected chi connectivity index (χ2v) is 23.5. The summed E-state index contributed by atoms with van der Waals surface area (Å²) in [5, 5.41) is 5.60. The van der Waals surface area contributed by atoms with E-state index in [1.165, 1.54) is 17.1 Å². The molecule has 2 aromatic heterocycles. The van der Waals surface area contributed by atoms with E-state index in [0.717, 1.165) is 77.5 Å². The highest BCUT2D eigenvalue weighted by Gasteiger charge is 2.50. The van der Waals surface area contributed by atoms with Crippen molar-refractivity contribution in [2.24, 2.45) is 16.7 Å². The molecule has 0 unspecified atom stereocenters. The minimum absolute atomic E-state index is 0.0566. The van der Waals surface area contributed by atoms with Crippen LogP contribution in [0, 0.1) is 16.7 Å². The van der Waals surface area contributed by atoms with Crippen LogP contribution in [0.2, 0.25) is 0 Å². The van der Waals surface area contributed by atoms with Gasteiger partial charge in [0.25, 0.3) is 12.3 Å². The molecule has 4 aliphatic heterocycles. The van der Waals surface area contributed by atoms with Gasteiger partial charge in [-0.05, 0) is 144 Å². The highest BCUT2D eigenvalue weighted by Crippen LogP contribution is 2.45. The molecule has 2 N–H and O–H groups in total. The van der Waals surface area contributed by atoms with Crippen molar-refractivity contribution >= 4 is 34.8 Å². The Kier molecular flexibility index (Phi) is 14.6. The number of fused-ring (bicyclic) bond motifs is 6. The molecule has 1 saturated carbocycles. The Bertz CT molecular complexity index is 2690. The monoisotopic (exact) mass is 992 g/mol. The van der Waals surface area contributed by atoms with Gasteiger partial charge >= 0.3 is 12.1 Å². The van der Waals surface area contributed by atoms with Gasteiger partial charge in [-0.3, -0.25) is 29.3 Å². The van der Waals surface area contributed by atoms with Crippen LogP contribution in [0.1, 0.15) is 141 Å². The summed E-state index contributed by atoms with van der Waals surface area (Å²) >= 11 is 0. The summed E-state index contributed by atoms with van der Waals surface area (Å²) in [5.41, 5.74) is 8.51. The molecule has 388 valence electrons. The van der Waals surface area contributed by atoms with Gasteiger partial charge in [0.15, 0.2) is 0 Å². The number of alkyl halides is 2. The first kappa shape index (κ1) is 51.5. The van der Waals surface area contributed by atoms with Gasteiger partial charge in [-0.2, -0.15) is 0 Å². The highest BCUT2D eigenvalue weighted by molar-refractivity contribution is 5.96. The topological polar surface area (TPSA) is 138 Å². The van der Waals surface area contributed by atoms with Crippen molar-refractivity contribution in [2.75, 3.05) is 39.3 Å². The quantitative estimate of drug-likeness (QED) is 0.165. The second kappa shape index (κ2) is 20.5. The summed E-state index contributed by atoms with van der Waals surface area (Å²) in [6.45, 7) is 19.6. The molecule has 15 heteroatoms. The molecule has 72 heavy (non-hydrogen) atoms. The largest absolute Gasteiger partial charge is 0.464 e. The van der Waals surface area contributed by atoms with Gasteiger partial charge in [-0.25, -0.2) is 19.0 Å². The third-order valence-electron chi connectivity index (χ3n) is 15.8. The highest BCUT2D eigenvalue weighted by atomic mass is 19.3.